The van der Waals surface area contributed by atoms with Crippen LogP contribution < -0.4 is 5.32 Å². The van der Waals surface area contributed by atoms with Crippen molar-refractivity contribution in [1.29, 1.82) is 0 Å². The van der Waals surface area contributed by atoms with E-state index in [1.54, 1.807) is 0 Å². The van der Waals surface area contributed by atoms with Gasteiger partial charge in [0.1, 0.15) is 0 Å². The maximum Gasteiger partial charge on any atom is 0.0242 e. The second-order valence-electron chi connectivity index (χ2n) is 6.58. The summed E-state index contributed by atoms with van der Waals surface area (Å²) < 4.78 is 1.21. The van der Waals surface area contributed by atoms with E-state index in [2.05, 4.69) is 71.3 Å². The first-order valence-electron chi connectivity index (χ1n) is 7.68. The average molecular weight is 339 g/mol. The minimum Gasteiger partial charge on any atom is -0.313 e. The van der Waals surface area contributed by atoms with Gasteiger partial charge in [-0.15, -0.1) is 0 Å². The summed E-state index contributed by atoms with van der Waals surface area (Å²) in [7, 11) is 2.23. The van der Waals surface area contributed by atoms with Gasteiger partial charge in [-0.2, -0.15) is 0 Å². The number of nitrogens with one attached hydrogen (secondary N) is 1. The molecule has 1 aliphatic carbocycles. The summed E-state index contributed by atoms with van der Waals surface area (Å²) in [6.45, 7) is 7.97. The molecule has 0 saturated heterocycles. The van der Waals surface area contributed by atoms with Crippen LogP contribution in [0.15, 0.2) is 28.7 Å². The van der Waals surface area contributed by atoms with E-state index < -0.39 is 0 Å². The van der Waals surface area contributed by atoms with Gasteiger partial charge >= 0.3 is 0 Å². The monoisotopic (exact) mass is 338 g/mol. The molecule has 2 rings (SSSR count). The quantitative estimate of drug-likeness (QED) is 0.769. The highest BCUT2D eigenvalue weighted by atomic mass is 79.9. The van der Waals surface area contributed by atoms with E-state index in [0.717, 1.165) is 25.7 Å². The molecule has 2 nitrogen and oxygen atoms in total. The highest BCUT2D eigenvalue weighted by Gasteiger charge is 2.28. The van der Waals surface area contributed by atoms with Crippen molar-refractivity contribution in [2.45, 2.75) is 45.7 Å². The fourth-order valence-electron chi connectivity index (χ4n) is 2.60. The Labute approximate surface area is 132 Å². The summed E-state index contributed by atoms with van der Waals surface area (Å²) in [6.07, 6.45) is 3.95. The molecule has 112 valence electrons. The lowest BCUT2D eigenvalue weighted by Crippen LogP contribution is -2.41. The smallest absolute Gasteiger partial charge is 0.0242 e. The van der Waals surface area contributed by atoms with Gasteiger partial charge in [0.25, 0.3) is 0 Å². The lowest BCUT2D eigenvalue weighted by atomic mass is 9.86. The maximum absolute atomic E-state index is 3.69. The second kappa shape index (κ2) is 7.06. The molecular formula is C17H27BrN2. The SMILES string of the molecule is CCC(C)(CNC1CC1)CN(C)Cc1ccccc1Br. The van der Waals surface area contributed by atoms with E-state index in [1.807, 2.05) is 0 Å². The van der Waals surface area contributed by atoms with Gasteiger partial charge in [-0.05, 0) is 43.4 Å². The van der Waals surface area contributed by atoms with Crippen LogP contribution in [0.25, 0.3) is 0 Å². The zero-order valence-corrected chi connectivity index (χ0v) is 14.5. The largest absolute Gasteiger partial charge is 0.313 e. The average Bonchev–Trinajstić information content (AvgIpc) is 3.23. The highest BCUT2D eigenvalue weighted by Crippen LogP contribution is 2.26. The Morgan fingerprint density at radius 3 is 2.65 bits per heavy atom. The van der Waals surface area contributed by atoms with Crippen LogP contribution in [0.4, 0.5) is 0 Å². The molecule has 0 amide bonds. The first-order chi connectivity index (χ1) is 9.52. The van der Waals surface area contributed by atoms with Crippen molar-refractivity contribution >= 4 is 15.9 Å². The van der Waals surface area contributed by atoms with Crippen molar-refractivity contribution in [3.63, 3.8) is 0 Å². The van der Waals surface area contributed by atoms with Gasteiger partial charge in [-0.3, -0.25) is 0 Å². The Balaban J connectivity index is 1.87. The van der Waals surface area contributed by atoms with E-state index in [-0.39, 0.29) is 0 Å². The molecule has 1 atom stereocenters. The van der Waals surface area contributed by atoms with E-state index in [9.17, 15) is 0 Å². The Morgan fingerprint density at radius 1 is 1.35 bits per heavy atom. The first kappa shape index (κ1) is 16.0. The molecule has 20 heavy (non-hydrogen) atoms. The molecule has 0 heterocycles. The fourth-order valence-corrected chi connectivity index (χ4v) is 3.01. The molecule has 0 aliphatic heterocycles. The predicted molar refractivity (Wildman–Crippen MR) is 89.9 cm³/mol. The standard InChI is InChI=1S/C17H27BrN2/c1-4-17(2,12-19-15-9-10-15)13-20(3)11-14-7-5-6-8-16(14)18/h5-8,15,19H,4,9-13H2,1-3H3. The van der Waals surface area contributed by atoms with Crippen molar-refractivity contribution in [2.24, 2.45) is 5.41 Å². The normalized spacial score (nSPS) is 18.2. The zero-order chi connectivity index (χ0) is 14.6. The molecule has 1 N–H and O–H groups in total. The van der Waals surface area contributed by atoms with Gasteiger partial charge in [0.2, 0.25) is 0 Å². The van der Waals surface area contributed by atoms with Crippen molar-refractivity contribution in [3.8, 4) is 0 Å². The van der Waals surface area contributed by atoms with Crippen LogP contribution in [0.3, 0.4) is 0 Å². The fraction of sp³-hybridized carbons (Fsp3) is 0.647. The van der Waals surface area contributed by atoms with E-state index >= 15 is 0 Å². The Bertz CT molecular complexity index is 431. The minimum atomic E-state index is 0.360. The molecule has 0 radical (unpaired) electrons. The van der Waals surface area contributed by atoms with Crippen LogP contribution in [-0.2, 0) is 6.54 Å². The summed E-state index contributed by atoms with van der Waals surface area (Å²) >= 11 is 3.64. The van der Waals surface area contributed by atoms with E-state index in [4.69, 9.17) is 0 Å². The number of hydrogen-bond acceptors (Lipinski definition) is 2. The molecule has 1 saturated carbocycles. The summed E-state index contributed by atoms with van der Waals surface area (Å²) in [5, 5.41) is 3.69. The number of halogens is 1. The molecule has 3 heteroatoms. The van der Waals surface area contributed by atoms with Crippen LogP contribution in [0.5, 0.6) is 0 Å². The van der Waals surface area contributed by atoms with Crippen molar-refractivity contribution in [3.05, 3.63) is 34.3 Å². The van der Waals surface area contributed by atoms with Crippen LogP contribution in [0.2, 0.25) is 0 Å². The van der Waals surface area contributed by atoms with Crippen molar-refractivity contribution < 1.29 is 0 Å². The Morgan fingerprint density at radius 2 is 2.05 bits per heavy atom. The lowest BCUT2D eigenvalue weighted by Gasteiger charge is -2.33. The van der Waals surface area contributed by atoms with Gasteiger partial charge < -0.3 is 10.2 Å². The molecule has 1 aromatic carbocycles. The van der Waals surface area contributed by atoms with E-state index in [0.29, 0.717) is 5.41 Å². The van der Waals surface area contributed by atoms with Crippen molar-refractivity contribution in [2.75, 3.05) is 20.1 Å². The van der Waals surface area contributed by atoms with Crippen LogP contribution in [0, 0.1) is 5.41 Å². The molecule has 1 unspecified atom stereocenters. The van der Waals surface area contributed by atoms with Gasteiger partial charge in [0, 0.05) is 30.1 Å². The molecule has 1 aromatic rings. The number of benzene rings is 1. The third kappa shape index (κ3) is 4.87. The molecule has 1 aliphatic rings. The molecule has 0 spiro atoms. The van der Waals surface area contributed by atoms with Crippen LogP contribution in [-0.4, -0.2) is 31.1 Å². The minimum absolute atomic E-state index is 0.360. The molecular weight excluding hydrogens is 312 g/mol. The highest BCUT2D eigenvalue weighted by molar-refractivity contribution is 9.10. The van der Waals surface area contributed by atoms with Crippen LogP contribution in [0.1, 0.15) is 38.7 Å². The second-order valence-corrected chi connectivity index (χ2v) is 7.44. The molecule has 0 aromatic heterocycles. The third-order valence-electron chi connectivity index (χ3n) is 4.30. The first-order valence-corrected chi connectivity index (χ1v) is 8.47. The van der Waals surface area contributed by atoms with Gasteiger partial charge in [0.05, 0.1) is 0 Å². The third-order valence-corrected chi connectivity index (χ3v) is 5.07. The Kier molecular flexibility index (Phi) is 5.65. The van der Waals surface area contributed by atoms with Gasteiger partial charge in [-0.1, -0.05) is 48.0 Å². The molecule has 1 fully saturated rings. The summed E-state index contributed by atoms with van der Waals surface area (Å²) in [6, 6.07) is 9.31. The summed E-state index contributed by atoms with van der Waals surface area (Å²) in [5.74, 6) is 0. The van der Waals surface area contributed by atoms with Gasteiger partial charge in [0.15, 0.2) is 0 Å². The summed E-state index contributed by atoms with van der Waals surface area (Å²) in [4.78, 5) is 2.44. The maximum atomic E-state index is 3.69. The number of rotatable bonds is 8. The van der Waals surface area contributed by atoms with Crippen LogP contribution >= 0.6 is 15.9 Å². The Hall–Kier alpha value is -0.380. The van der Waals surface area contributed by atoms with Crippen molar-refractivity contribution in [1.82, 2.24) is 10.2 Å². The predicted octanol–water partition coefficient (Wildman–Crippen LogP) is 4.05. The topological polar surface area (TPSA) is 15.3 Å². The zero-order valence-electron chi connectivity index (χ0n) is 13.0. The molecule has 0 bridgehead atoms. The van der Waals surface area contributed by atoms with Gasteiger partial charge in [-0.25, -0.2) is 0 Å². The van der Waals surface area contributed by atoms with E-state index in [1.165, 1.54) is 29.3 Å². The number of hydrogen-bond donors (Lipinski definition) is 1. The summed E-state index contributed by atoms with van der Waals surface area (Å²) in [5.41, 5.74) is 1.72. The number of nitrogens with zero attached hydrogens (tertiary/aromatic N) is 1. The lowest BCUT2D eigenvalue weighted by molar-refractivity contribution is 0.174.